The Hall–Kier alpha value is -1.02. The Bertz CT molecular complexity index is 356. The smallest absolute Gasteiger partial charge is 0.119 e. The molecule has 0 amide bonds. The zero-order valence-corrected chi connectivity index (χ0v) is 11.0. The van der Waals surface area contributed by atoms with Crippen LogP contribution in [0.2, 0.25) is 0 Å². The molecule has 2 heteroatoms. The van der Waals surface area contributed by atoms with Crippen LogP contribution >= 0.6 is 0 Å². The molecule has 0 unspecified atom stereocenters. The molecule has 1 heterocycles. The van der Waals surface area contributed by atoms with Gasteiger partial charge in [0.15, 0.2) is 0 Å². The molecule has 1 saturated heterocycles. The van der Waals surface area contributed by atoms with E-state index in [1.165, 1.54) is 43.5 Å². The maximum atomic E-state index is 5.82. The van der Waals surface area contributed by atoms with E-state index in [-0.39, 0.29) is 0 Å². The minimum Gasteiger partial charge on any atom is -0.494 e. The standard InChI is InChI=1S/C15H23NO/c1-12-3-4-15(11-13(12)2)17-10-7-14-5-8-16-9-6-14/h3-4,11,14,16H,5-10H2,1-2H3. The van der Waals surface area contributed by atoms with Crippen LogP contribution in [0.25, 0.3) is 0 Å². The molecule has 2 nitrogen and oxygen atoms in total. The molecule has 1 N–H and O–H groups in total. The zero-order chi connectivity index (χ0) is 12.1. The molecule has 0 aliphatic carbocycles. The SMILES string of the molecule is Cc1ccc(OCCC2CCNCC2)cc1C. The van der Waals surface area contributed by atoms with Gasteiger partial charge in [0.1, 0.15) is 5.75 Å². The largest absolute Gasteiger partial charge is 0.494 e. The van der Waals surface area contributed by atoms with Crippen molar-refractivity contribution < 1.29 is 4.74 Å². The van der Waals surface area contributed by atoms with Crippen LogP contribution in [0.3, 0.4) is 0 Å². The van der Waals surface area contributed by atoms with Crippen molar-refractivity contribution in [2.45, 2.75) is 33.1 Å². The van der Waals surface area contributed by atoms with Gasteiger partial charge in [-0.25, -0.2) is 0 Å². The second-order valence-corrected chi connectivity index (χ2v) is 5.08. The molecule has 0 saturated carbocycles. The molecule has 2 rings (SSSR count). The molecule has 0 aromatic heterocycles. The molecule has 1 aromatic carbocycles. The molecular formula is C15H23NO. The lowest BCUT2D eigenvalue weighted by Gasteiger charge is -2.22. The van der Waals surface area contributed by atoms with Gasteiger partial charge in [-0.1, -0.05) is 6.07 Å². The summed E-state index contributed by atoms with van der Waals surface area (Å²) in [7, 11) is 0. The number of nitrogens with one attached hydrogen (secondary N) is 1. The van der Waals surface area contributed by atoms with E-state index in [4.69, 9.17) is 4.74 Å². The van der Waals surface area contributed by atoms with Gasteiger partial charge in [0.25, 0.3) is 0 Å². The van der Waals surface area contributed by atoms with Gasteiger partial charge in [-0.2, -0.15) is 0 Å². The zero-order valence-electron chi connectivity index (χ0n) is 11.0. The molecule has 1 aliphatic heterocycles. The topological polar surface area (TPSA) is 21.3 Å². The Morgan fingerprint density at radius 3 is 2.65 bits per heavy atom. The fraction of sp³-hybridized carbons (Fsp3) is 0.600. The first-order valence-electron chi connectivity index (χ1n) is 6.66. The number of hydrogen-bond donors (Lipinski definition) is 1. The Morgan fingerprint density at radius 2 is 1.94 bits per heavy atom. The predicted octanol–water partition coefficient (Wildman–Crippen LogP) is 3.07. The normalized spacial score (nSPS) is 17.1. The number of benzene rings is 1. The maximum Gasteiger partial charge on any atom is 0.119 e. The van der Waals surface area contributed by atoms with Crippen molar-refractivity contribution in [2.24, 2.45) is 5.92 Å². The fourth-order valence-electron chi connectivity index (χ4n) is 2.32. The highest BCUT2D eigenvalue weighted by molar-refractivity contribution is 5.33. The lowest BCUT2D eigenvalue weighted by atomic mass is 9.95. The molecule has 1 aliphatic rings. The van der Waals surface area contributed by atoms with E-state index in [1.807, 2.05) is 0 Å². The molecule has 0 atom stereocenters. The summed E-state index contributed by atoms with van der Waals surface area (Å²) >= 11 is 0. The number of ether oxygens (including phenoxy) is 1. The lowest BCUT2D eigenvalue weighted by molar-refractivity contribution is 0.251. The van der Waals surface area contributed by atoms with Gasteiger partial charge < -0.3 is 10.1 Å². The molecule has 1 aromatic rings. The summed E-state index contributed by atoms with van der Waals surface area (Å²) < 4.78 is 5.82. The quantitative estimate of drug-likeness (QED) is 0.863. The summed E-state index contributed by atoms with van der Waals surface area (Å²) in [6, 6.07) is 6.34. The average Bonchev–Trinajstić information content (AvgIpc) is 2.35. The molecule has 1 fully saturated rings. The Kier molecular flexibility index (Phi) is 4.43. The van der Waals surface area contributed by atoms with Crippen LogP contribution < -0.4 is 10.1 Å². The summed E-state index contributed by atoms with van der Waals surface area (Å²) in [5, 5.41) is 3.40. The van der Waals surface area contributed by atoms with Crippen molar-refractivity contribution in [1.29, 1.82) is 0 Å². The van der Waals surface area contributed by atoms with Crippen LogP contribution in [0.1, 0.15) is 30.4 Å². The first kappa shape index (κ1) is 12.4. The van der Waals surface area contributed by atoms with Crippen molar-refractivity contribution in [3.05, 3.63) is 29.3 Å². The first-order chi connectivity index (χ1) is 8.25. The summed E-state index contributed by atoms with van der Waals surface area (Å²) in [6.07, 6.45) is 3.79. The number of rotatable bonds is 4. The van der Waals surface area contributed by atoms with Crippen molar-refractivity contribution >= 4 is 0 Å². The van der Waals surface area contributed by atoms with E-state index in [9.17, 15) is 0 Å². The van der Waals surface area contributed by atoms with Crippen LogP contribution in [-0.2, 0) is 0 Å². The van der Waals surface area contributed by atoms with Crippen molar-refractivity contribution in [1.82, 2.24) is 5.32 Å². The van der Waals surface area contributed by atoms with Crippen molar-refractivity contribution in [2.75, 3.05) is 19.7 Å². The maximum absolute atomic E-state index is 5.82. The van der Waals surface area contributed by atoms with E-state index in [0.717, 1.165) is 18.3 Å². The van der Waals surface area contributed by atoms with Crippen LogP contribution in [0, 0.1) is 19.8 Å². The second-order valence-electron chi connectivity index (χ2n) is 5.08. The van der Waals surface area contributed by atoms with Gasteiger partial charge in [-0.05, 0) is 75.4 Å². The van der Waals surface area contributed by atoms with E-state index >= 15 is 0 Å². The Balaban J connectivity index is 1.75. The van der Waals surface area contributed by atoms with Gasteiger partial charge in [-0.15, -0.1) is 0 Å². The van der Waals surface area contributed by atoms with Gasteiger partial charge in [0.2, 0.25) is 0 Å². The number of hydrogen-bond acceptors (Lipinski definition) is 2. The molecular weight excluding hydrogens is 210 g/mol. The number of aryl methyl sites for hydroxylation is 2. The third-order valence-corrected chi connectivity index (χ3v) is 3.73. The summed E-state index contributed by atoms with van der Waals surface area (Å²) in [5.74, 6) is 1.87. The Morgan fingerprint density at radius 1 is 1.18 bits per heavy atom. The van der Waals surface area contributed by atoms with Gasteiger partial charge in [-0.3, -0.25) is 0 Å². The third-order valence-electron chi connectivity index (χ3n) is 3.73. The monoisotopic (exact) mass is 233 g/mol. The molecule has 0 radical (unpaired) electrons. The minimum atomic E-state index is 0.850. The van der Waals surface area contributed by atoms with Crippen LogP contribution in [-0.4, -0.2) is 19.7 Å². The van der Waals surface area contributed by atoms with E-state index in [0.29, 0.717) is 0 Å². The van der Waals surface area contributed by atoms with Crippen molar-refractivity contribution in [3.8, 4) is 5.75 Å². The van der Waals surface area contributed by atoms with Crippen LogP contribution in [0.4, 0.5) is 0 Å². The second kappa shape index (κ2) is 6.06. The van der Waals surface area contributed by atoms with E-state index in [1.54, 1.807) is 0 Å². The van der Waals surface area contributed by atoms with Gasteiger partial charge in [0.05, 0.1) is 6.61 Å². The van der Waals surface area contributed by atoms with E-state index < -0.39 is 0 Å². The van der Waals surface area contributed by atoms with Crippen LogP contribution in [0.5, 0.6) is 5.75 Å². The minimum absolute atomic E-state index is 0.850. The third kappa shape index (κ3) is 3.74. The highest BCUT2D eigenvalue weighted by Gasteiger charge is 2.12. The highest BCUT2D eigenvalue weighted by atomic mass is 16.5. The lowest BCUT2D eigenvalue weighted by Crippen LogP contribution is -2.28. The van der Waals surface area contributed by atoms with Crippen molar-refractivity contribution in [3.63, 3.8) is 0 Å². The molecule has 0 bridgehead atoms. The molecule has 0 spiro atoms. The average molecular weight is 233 g/mol. The number of piperidine rings is 1. The highest BCUT2D eigenvalue weighted by Crippen LogP contribution is 2.19. The van der Waals surface area contributed by atoms with Gasteiger partial charge >= 0.3 is 0 Å². The summed E-state index contributed by atoms with van der Waals surface area (Å²) in [4.78, 5) is 0. The molecule has 17 heavy (non-hydrogen) atoms. The summed E-state index contributed by atoms with van der Waals surface area (Å²) in [5.41, 5.74) is 2.64. The molecule has 94 valence electrons. The Labute approximate surface area is 104 Å². The van der Waals surface area contributed by atoms with Crippen LogP contribution in [0.15, 0.2) is 18.2 Å². The summed E-state index contributed by atoms with van der Waals surface area (Å²) in [6.45, 7) is 7.47. The fourth-order valence-corrected chi connectivity index (χ4v) is 2.32. The van der Waals surface area contributed by atoms with Gasteiger partial charge in [0, 0.05) is 0 Å². The predicted molar refractivity (Wildman–Crippen MR) is 71.6 cm³/mol. The first-order valence-corrected chi connectivity index (χ1v) is 6.66. The van der Waals surface area contributed by atoms with E-state index in [2.05, 4.69) is 37.4 Å².